The first-order valence-corrected chi connectivity index (χ1v) is 6.51. The standard InChI is InChI=1S/C14H18ClNO/c1-14(2)7-9-16(10-8-14)12-5-3-11(4-6-12)13(15)17/h3-6H,7-10H2,1-2H3/p+1. The third kappa shape index (κ3) is 3.08. The van der Waals surface area contributed by atoms with Gasteiger partial charge >= 0.3 is 0 Å². The molecule has 0 saturated carbocycles. The topological polar surface area (TPSA) is 21.5 Å². The molecule has 2 nitrogen and oxygen atoms in total. The molecule has 1 saturated heterocycles. The molecule has 0 aromatic heterocycles. The van der Waals surface area contributed by atoms with E-state index in [9.17, 15) is 4.79 Å². The molecule has 1 fully saturated rings. The zero-order chi connectivity index (χ0) is 12.5. The van der Waals surface area contributed by atoms with Crippen LogP contribution in [-0.4, -0.2) is 18.3 Å². The molecule has 1 aliphatic rings. The van der Waals surface area contributed by atoms with Gasteiger partial charge in [0, 0.05) is 18.4 Å². The molecule has 1 N–H and O–H groups in total. The Balaban J connectivity index is 2.06. The van der Waals surface area contributed by atoms with Crippen molar-refractivity contribution in [3.63, 3.8) is 0 Å². The number of benzene rings is 1. The number of hydrogen-bond donors (Lipinski definition) is 1. The van der Waals surface area contributed by atoms with E-state index in [1.165, 1.54) is 36.5 Å². The summed E-state index contributed by atoms with van der Waals surface area (Å²) in [5.74, 6) is 0. The summed E-state index contributed by atoms with van der Waals surface area (Å²) >= 11 is 5.43. The molecule has 0 bridgehead atoms. The minimum absolute atomic E-state index is 0.383. The number of quaternary nitrogens is 1. The molecule has 0 unspecified atom stereocenters. The van der Waals surface area contributed by atoms with Gasteiger partial charge in [0.2, 0.25) is 0 Å². The highest BCUT2D eigenvalue weighted by Gasteiger charge is 2.28. The molecule has 92 valence electrons. The second-order valence-corrected chi connectivity index (χ2v) is 5.96. The second-order valence-electron chi connectivity index (χ2n) is 5.62. The van der Waals surface area contributed by atoms with E-state index in [1.807, 2.05) is 24.3 Å². The number of carbonyl (C=O) groups excluding carboxylic acids is 1. The summed E-state index contributed by atoms with van der Waals surface area (Å²) in [5, 5.41) is -0.383. The first kappa shape index (κ1) is 12.6. The van der Waals surface area contributed by atoms with Crippen LogP contribution in [-0.2, 0) is 0 Å². The first-order chi connectivity index (χ1) is 7.98. The molecule has 0 spiro atoms. The lowest BCUT2D eigenvalue weighted by Crippen LogP contribution is -3.08. The van der Waals surface area contributed by atoms with Crippen molar-refractivity contribution in [1.82, 2.24) is 0 Å². The van der Waals surface area contributed by atoms with Gasteiger partial charge in [-0.2, -0.15) is 0 Å². The number of carbonyl (C=O) groups is 1. The van der Waals surface area contributed by atoms with E-state index < -0.39 is 0 Å². The minimum atomic E-state index is -0.383. The van der Waals surface area contributed by atoms with Gasteiger partial charge in [-0.25, -0.2) is 0 Å². The van der Waals surface area contributed by atoms with Crippen LogP contribution < -0.4 is 4.90 Å². The van der Waals surface area contributed by atoms with E-state index in [0.29, 0.717) is 11.0 Å². The Morgan fingerprint density at radius 2 is 1.71 bits per heavy atom. The maximum atomic E-state index is 11.0. The van der Waals surface area contributed by atoms with Crippen LogP contribution in [0.1, 0.15) is 37.0 Å². The van der Waals surface area contributed by atoms with Gasteiger partial charge in [-0.3, -0.25) is 4.79 Å². The summed E-state index contributed by atoms with van der Waals surface area (Å²) in [6, 6.07) is 7.67. The quantitative estimate of drug-likeness (QED) is 0.802. The lowest BCUT2D eigenvalue weighted by atomic mass is 9.82. The van der Waals surface area contributed by atoms with E-state index in [0.717, 1.165) is 0 Å². The summed E-state index contributed by atoms with van der Waals surface area (Å²) in [6.45, 7) is 7.00. The van der Waals surface area contributed by atoms with Gasteiger partial charge in [-0.1, -0.05) is 13.8 Å². The molecule has 1 aromatic rings. The molecular weight excluding hydrogens is 234 g/mol. The molecule has 0 atom stereocenters. The number of rotatable bonds is 2. The predicted octanol–water partition coefficient (Wildman–Crippen LogP) is 2.40. The molecular formula is C14H19ClNO+. The maximum absolute atomic E-state index is 11.0. The van der Waals surface area contributed by atoms with E-state index in [1.54, 1.807) is 0 Å². The summed E-state index contributed by atoms with van der Waals surface area (Å²) in [7, 11) is 0. The molecule has 0 aliphatic carbocycles. The van der Waals surface area contributed by atoms with Crippen molar-refractivity contribution in [2.45, 2.75) is 26.7 Å². The zero-order valence-corrected chi connectivity index (χ0v) is 11.2. The summed E-state index contributed by atoms with van der Waals surface area (Å²) in [5.41, 5.74) is 2.32. The Morgan fingerprint density at radius 1 is 1.18 bits per heavy atom. The second kappa shape index (κ2) is 4.79. The molecule has 3 heteroatoms. The molecule has 0 radical (unpaired) electrons. The minimum Gasteiger partial charge on any atom is -0.302 e. The Labute approximate surface area is 108 Å². The van der Waals surface area contributed by atoms with Gasteiger partial charge in [-0.05, 0) is 41.3 Å². The van der Waals surface area contributed by atoms with Crippen molar-refractivity contribution in [3.05, 3.63) is 29.8 Å². The molecule has 0 amide bonds. The largest absolute Gasteiger partial charge is 0.302 e. The number of piperidine rings is 1. The monoisotopic (exact) mass is 252 g/mol. The van der Waals surface area contributed by atoms with Crippen LogP contribution in [0, 0.1) is 5.41 Å². The number of hydrogen-bond acceptors (Lipinski definition) is 1. The number of halogens is 1. The highest BCUT2D eigenvalue weighted by Crippen LogP contribution is 2.25. The average molecular weight is 253 g/mol. The Hall–Kier alpha value is -0.860. The van der Waals surface area contributed by atoms with Crippen molar-refractivity contribution in [3.8, 4) is 0 Å². The van der Waals surface area contributed by atoms with E-state index in [4.69, 9.17) is 11.6 Å². The van der Waals surface area contributed by atoms with Crippen LogP contribution in [0.2, 0.25) is 0 Å². The average Bonchev–Trinajstić information content (AvgIpc) is 2.29. The van der Waals surface area contributed by atoms with Crippen molar-refractivity contribution in [1.29, 1.82) is 0 Å². The van der Waals surface area contributed by atoms with Gasteiger partial charge in [0.15, 0.2) is 0 Å². The fourth-order valence-corrected chi connectivity index (χ4v) is 2.48. The third-order valence-corrected chi connectivity index (χ3v) is 3.95. The highest BCUT2D eigenvalue weighted by molar-refractivity contribution is 6.67. The van der Waals surface area contributed by atoms with Crippen LogP contribution in [0.15, 0.2) is 24.3 Å². The predicted molar refractivity (Wildman–Crippen MR) is 70.0 cm³/mol. The van der Waals surface area contributed by atoms with Crippen molar-refractivity contribution < 1.29 is 9.69 Å². The Morgan fingerprint density at radius 3 is 2.18 bits per heavy atom. The lowest BCUT2D eigenvalue weighted by Gasteiger charge is -2.34. The molecule has 17 heavy (non-hydrogen) atoms. The maximum Gasteiger partial charge on any atom is 0.252 e. The molecule has 1 heterocycles. The lowest BCUT2D eigenvalue weighted by molar-refractivity contribution is -0.841. The Kier molecular flexibility index (Phi) is 3.55. The van der Waals surface area contributed by atoms with Crippen molar-refractivity contribution >= 4 is 22.5 Å². The number of nitrogens with one attached hydrogen (secondary N) is 1. The van der Waals surface area contributed by atoms with E-state index >= 15 is 0 Å². The van der Waals surface area contributed by atoms with Gasteiger partial charge in [0.1, 0.15) is 5.69 Å². The van der Waals surface area contributed by atoms with Gasteiger partial charge in [0.05, 0.1) is 13.1 Å². The first-order valence-electron chi connectivity index (χ1n) is 6.13. The zero-order valence-electron chi connectivity index (χ0n) is 10.4. The van der Waals surface area contributed by atoms with Gasteiger partial charge in [-0.15, -0.1) is 0 Å². The fourth-order valence-electron chi connectivity index (χ4n) is 2.35. The van der Waals surface area contributed by atoms with Crippen LogP contribution in [0.5, 0.6) is 0 Å². The highest BCUT2D eigenvalue weighted by atomic mass is 35.5. The molecule has 1 aliphatic heterocycles. The smallest absolute Gasteiger partial charge is 0.252 e. The SMILES string of the molecule is CC1(C)CC[NH+](c2ccc(C(=O)Cl)cc2)CC1. The van der Waals surface area contributed by atoms with Gasteiger partial charge < -0.3 is 4.90 Å². The van der Waals surface area contributed by atoms with Gasteiger partial charge in [0.25, 0.3) is 5.24 Å². The normalized spacial score (nSPS) is 20.2. The molecule has 2 rings (SSSR count). The summed E-state index contributed by atoms with van der Waals surface area (Å²) < 4.78 is 0. The van der Waals surface area contributed by atoms with E-state index in [2.05, 4.69) is 13.8 Å². The molecule has 1 aromatic carbocycles. The Bertz CT molecular complexity index is 401. The fraction of sp³-hybridized carbons (Fsp3) is 0.500. The van der Waals surface area contributed by atoms with Crippen LogP contribution in [0.3, 0.4) is 0 Å². The van der Waals surface area contributed by atoms with Crippen LogP contribution >= 0.6 is 11.6 Å². The third-order valence-electron chi connectivity index (χ3n) is 3.73. The van der Waals surface area contributed by atoms with E-state index in [-0.39, 0.29) is 5.24 Å². The van der Waals surface area contributed by atoms with Crippen molar-refractivity contribution in [2.24, 2.45) is 5.41 Å². The van der Waals surface area contributed by atoms with Crippen molar-refractivity contribution in [2.75, 3.05) is 13.1 Å². The summed E-state index contributed by atoms with van der Waals surface area (Å²) in [4.78, 5) is 12.5. The summed E-state index contributed by atoms with van der Waals surface area (Å²) in [6.07, 6.45) is 2.50. The van der Waals surface area contributed by atoms with Crippen LogP contribution in [0.4, 0.5) is 5.69 Å². The van der Waals surface area contributed by atoms with Crippen LogP contribution in [0.25, 0.3) is 0 Å².